The van der Waals surface area contributed by atoms with Crippen molar-refractivity contribution in [1.82, 2.24) is 0 Å². The molecule has 0 bridgehead atoms. The fourth-order valence-electron chi connectivity index (χ4n) is 2.86. The van der Waals surface area contributed by atoms with Gasteiger partial charge < -0.3 is 15.4 Å². The number of rotatable bonds is 2. The Bertz CT molecular complexity index is 505. The smallest absolute Gasteiger partial charge is 0.196 e. The van der Waals surface area contributed by atoms with Crippen LogP contribution in [0.3, 0.4) is 0 Å². The molecule has 1 fully saturated rings. The Morgan fingerprint density at radius 3 is 2.84 bits per heavy atom. The summed E-state index contributed by atoms with van der Waals surface area (Å²) in [6, 6.07) is 7.88. The van der Waals surface area contributed by atoms with Crippen LogP contribution < -0.4 is 10.6 Å². The molecule has 2 aliphatic heterocycles. The number of halogens is 1. The van der Waals surface area contributed by atoms with E-state index in [-0.39, 0.29) is 12.1 Å². The van der Waals surface area contributed by atoms with Crippen LogP contribution in [0.4, 0.5) is 5.69 Å². The third kappa shape index (κ3) is 2.30. The number of ether oxygens (including phenoxy) is 1. The molecule has 3 unspecified atom stereocenters. The van der Waals surface area contributed by atoms with Gasteiger partial charge in [-0.2, -0.15) is 0 Å². The second-order valence-corrected chi connectivity index (χ2v) is 5.56. The van der Waals surface area contributed by atoms with Crippen molar-refractivity contribution in [3.8, 4) is 0 Å². The molecule has 0 spiro atoms. The number of hydrogen-bond donors (Lipinski definition) is 1. The van der Waals surface area contributed by atoms with E-state index in [9.17, 15) is 0 Å². The summed E-state index contributed by atoms with van der Waals surface area (Å²) < 4.78 is 5.97. The van der Waals surface area contributed by atoms with Gasteiger partial charge in [-0.1, -0.05) is 23.7 Å². The first-order chi connectivity index (χ1) is 9.16. The quantitative estimate of drug-likeness (QED) is 0.904. The highest BCUT2D eigenvalue weighted by atomic mass is 35.5. The zero-order chi connectivity index (χ0) is 13.4. The molecule has 0 radical (unpaired) electrons. The van der Waals surface area contributed by atoms with Gasteiger partial charge in [-0.25, -0.2) is 0 Å². The number of guanidine groups is 1. The normalized spacial score (nSPS) is 30.7. The summed E-state index contributed by atoms with van der Waals surface area (Å²) >= 11 is 6.28. The number of nitrogens with zero attached hydrogens (tertiary/aromatic N) is 2. The molecule has 5 heteroatoms. The van der Waals surface area contributed by atoms with Gasteiger partial charge in [0.05, 0.1) is 35.5 Å². The first-order valence-corrected chi connectivity index (χ1v) is 7.04. The van der Waals surface area contributed by atoms with Gasteiger partial charge in [0, 0.05) is 0 Å². The van der Waals surface area contributed by atoms with Gasteiger partial charge in [0.1, 0.15) is 0 Å². The summed E-state index contributed by atoms with van der Waals surface area (Å²) in [4.78, 5) is 6.39. The molecule has 0 saturated carbocycles. The average Bonchev–Trinajstić information content (AvgIpc) is 2.96. The van der Waals surface area contributed by atoms with E-state index in [1.165, 1.54) is 0 Å². The predicted molar refractivity (Wildman–Crippen MR) is 77.8 cm³/mol. The molecule has 2 N–H and O–H groups in total. The summed E-state index contributed by atoms with van der Waals surface area (Å²) in [5.41, 5.74) is 6.95. The summed E-state index contributed by atoms with van der Waals surface area (Å²) in [5.74, 6) is 0.529. The van der Waals surface area contributed by atoms with Crippen LogP contribution in [0.15, 0.2) is 29.3 Å². The Hall–Kier alpha value is -1.26. The average molecular weight is 280 g/mol. The third-order valence-electron chi connectivity index (χ3n) is 3.82. The van der Waals surface area contributed by atoms with Gasteiger partial charge in [0.2, 0.25) is 0 Å². The van der Waals surface area contributed by atoms with Gasteiger partial charge in [-0.3, -0.25) is 4.99 Å². The van der Waals surface area contributed by atoms with Gasteiger partial charge >= 0.3 is 0 Å². The van der Waals surface area contributed by atoms with E-state index in [2.05, 4.69) is 11.9 Å². The van der Waals surface area contributed by atoms with Crippen LogP contribution in [0.5, 0.6) is 0 Å². The zero-order valence-corrected chi connectivity index (χ0v) is 11.7. The van der Waals surface area contributed by atoms with Crippen molar-refractivity contribution >= 4 is 23.2 Å². The molecule has 1 aromatic carbocycles. The molecular formula is C14H18ClN3O. The van der Waals surface area contributed by atoms with Crippen molar-refractivity contribution < 1.29 is 4.74 Å². The molecule has 3 atom stereocenters. The number of anilines is 1. The van der Waals surface area contributed by atoms with Crippen LogP contribution in [-0.4, -0.2) is 30.8 Å². The van der Waals surface area contributed by atoms with Crippen LogP contribution in [0.2, 0.25) is 5.02 Å². The van der Waals surface area contributed by atoms with Crippen LogP contribution in [0.1, 0.15) is 19.8 Å². The number of nitrogens with two attached hydrogens (primary N) is 1. The van der Waals surface area contributed by atoms with Crippen molar-refractivity contribution in [1.29, 1.82) is 0 Å². The van der Waals surface area contributed by atoms with Gasteiger partial charge in [0.15, 0.2) is 5.96 Å². The maximum atomic E-state index is 6.28. The topological polar surface area (TPSA) is 50.8 Å². The maximum absolute atomic E-state index is 6.28. The van der Waals surface area contributed by atoms with Crippen LogP contribution in [-0.2, 0) is 4.74 Å². The molecule has 3 rings (SSSR count). The zero-order valence-electron chi connectivity index (χ0n) is 10.9. The van der Waals surface area contributed by atoms with Crippen molar-refractivity contribution in [2.24, 2.45) is 10.7 Å². The lowest BCUT2D eigenvalue weighted by Crippen LogP contribution is -2.47. The number of hydrogen-bond acceptors (Lipinski definition) is 4. The van der Waals surface area contributed by atoms with Crippen LogP contribution >= 0.6 is 11.6 Å². The second-order valence-electron chi connectivity index (χ2n) is 5.15. The van der Waals surface area contributed by atoms with Gasteiger partial charge in [-0.15, -0.1) is 0 Å². The molecule has 0 aliphatic carbocycles. The molecular weight excluding hydrogens is 262 g/mol. The molecule has 2 heterocycles. The summed E-state index contributed by atoms with van der Waals surface area (Å²) in [6.07, 6.45) is 2.64. The number of aliphatic imine (C=N–C) groups is 1. The lowest BCUT2D eigenvalue weighted by atomic mass is 10.1. The van der Waals surface area contributed by atoms with Crippen molar-refractivity contribution in [2.45, 2.75) is 38.0 Å². The van der Waals surface area contributed by atoms with E-state index in [1.807, 2.05) is 29.2 Å². The van der Waals surface area contributed by atoms with Gasteiger partial charge in [-0.05, 0) is 31.9 Å². The Kier molecular flexibility index (Phi) is 3.37. The van der Waals surface area contributed by atoms with E-state index >= 15 is 0 Å². The predicted octanol–water partition coefficient (Wildman–Crippen LogP) is 2.41. The van der Waals surface area contributed by atoms with E-state index in [0.717, 1.165) is 18.5 Å². The molecule has 1 aromatic rings. The molecule has 0 aromatic heterocycles. The minimum atomic E-state index is 0.157. The largest absolute Gasteiger partial charge is 0.373 e. The fraction of sp³-hybridized carbons (Fsp3) is 0.500. The molecule has 2 aliphatic rings. The van der Waals surface area contributed by atoms with Crippen molar-refractivity contribution in [2.75, 3.05) is 11.4 Å². The lowest BCUT2D eigenvalue weighted by Gasteiger charge is -2.30. The number of para-hydroxylation sites is 1. The Morgan fingerprint density at radius 2 is 2.16 bits per heavy atom. The van der Waals surface area contributed by atoms with Crippen LogP contribution in [0, 0.1) is 0 Å². The highest BCUT2D eigenvalue weighted by molar-refractivity contribution is 6.33. The first-order valence-electron chi connectivity index (χ1n) is 6.66. The maximum Gasteiger partial charge on any atom is 0.196 e. The van der Waals surface area contributed by atoms with E-state index in [0.29, 0.717) is 23.6 Å². The Morgan fingerprint density at radius 1 is 1.37 bits per heavy atom. The minimum absolute atomic E-state index is 0.157. The summed E-state index contributed by atoms with van der Waals surface area (Å²) in [5, 5.41) is 0.693. The third-order valence-corrected chi connectivity index (χ3v) is 4.14. The molecule has 0 amide bonds. The Labute approximate surface area is 118 Å². The molecule has 19 heavy (non-hydrogen) atoms. The second kappa shape index (κ2) is 5.02. The molecule has 102 valence electrons. The van der Waals surface area contributed by atoms with E-state index in [4.69, 9.17) is 22.1 Å². The van der Waals surface area contributed by atoms with E-state index < -0.39 is 0 Å². The number of benzene rings is 1. The van der Waals surface area contributed by atoms with Crippen molar-refractivity contribution in [3.63, 3.8) is 0 Å². The summed E-state index contributed by atoms with van der Waals surface area (Å²) in [6.45, 7) is 2.79. The lowest BCUT2D eigenvalue weighted by molar-refractivity contribution is 0.0440. The Balaban J connectivity index is 1.89. The van der Waals surface area contributed by atoms with Gasteiger partial charge in [0.25, 0.3) is 0 Å². The monoisotopic (exact) mass is 279 g/mol. The fourth-order valence-corrected chi connectivity index (χ4v) is 3.09. The SMILES string of the molecule is CC1CCC(C2CN=C(N)N2c2ccccc2Cl)O1. The standard InChI is InChI=1S/C14H18ClN3O/c1-9-6-7-13(19-9)12-8-17-14(16)18(12)11-5-3-2-4-10(11)15/h2-5,9,12-13H,6-8H2,1H3,(H2,16,17). The molecule has 1 saturated heterocycles. The highest BCUT2D eigenvalue weighted by Gasteiger charge is 2.38. The van der Waals surface area contributed by atoms with E-state index in [1.54, 1.807) is 0 Å². The van der Waals surface area contributed by atoms with Crippen molar-refractivity contribution in [3.05, 3.63) is 29.3 Å². The first kappa shape index (κ1) is 12.8. The van der Waals surface area contributed by atoms with Crippen LogP contribution in [0.25, 0.3) is 0 Å². The molecule has 4 nitrogen and oxygen atoms in total. The summed E-state index contributed by atoms with van der Waals surface area (Å²) in [7, 11) is 0. The minimum Gasteiger partial charge on any atom is -0.373 e. The highest BCUT2D eigenvalue weighted by Crippen LogP contribution is 2.33.